The maximum absolute atomic E-state index is 10.4. The van der Waals surface area contributed by atoms with Gasteiger partial charge in [-0.25, -0.2) is 0 Å². The molecule has 0 aliphatic heterocycles. The third kappa shape index (κ3) is 1.74. The van der Waals surface area contributed by atoms with Crippen molar-refractivity contribution in [2.24, 2.45) is 7.05 Å². The zero-order chi connectivity index (χ0) is 14.6. The Bertz CT molecular complexity index is 981. The number of halogens is 1. The minimum Gasteiger partial charge on any atom is -0.494 e. The van der Waals surface area contributed by atoms with Gasteiger partial charge in [-0.15, -0.1) is 0 Å². The van der Waals surface area contributed by atoms with E-state index in [0.717, 1.165) is 27.4 Å². The van der Waals surface area contributed by atoms with Gasteiger partial charge in [0, 0.05) is 46.8 Å². The standard InChI is InChI=1S/C17H13ClN2O/c1-19-8-7-11-9-12(5-6-16(11)19)20-10-14-13(17(20)21)3-2-4-15(14)18/h2-10,21H,1H3. The summed E-state index contributed by atoms with van der Waals surface area (Å²) in [7, 11) is 2.02. The smallest absolute Gasteiger partial charge is 0.203 e. The van der Waals surface area contributed by atoms with Crippen molar-refractivity contribution in [3.63, 3.8) is 0 Å². The molecule has 21 heavy (non-hydrogen) atoms. The Kier molecular flexibility index (Phi) is 2.53. The molecule has 0 aliphatic rings. The highest BCUT2D eigenvalue weighted by molar-refractivity contribution is 6.35. The minimum atomic E-state index is 0.211. The SMILES string of the molecule is Cn1ccc2cc(-n3cc4c(Cl)cccc4c3O)ccc21. The summed E-state index contributed by atoms with van der Waals surface area (Å²) in [6.45, 7) is 0. The summed E-state index contributed by atoms with van der Waals surface area (Å²) < 4.78 is 3.84. The first-order valence-electron chi connectivity index (χ1n) is 6.69. The van der Waals surface area contributed by atoms with Crippen LogP contribution in [0.5, 0.6) is 5.88 Å². The highest BCUT2D eigenvalue weighted by Crippen LogP contribution is 2.34. The van der Waals surface area contributed by atoms with Crippen molar-refractivity contribution in [1.29, 1.82) is 0 Å². The van der Waals surface area contributed by atoms with Crippen LogP contribution in [0.1, 0.15) is 0 Å². The molecule has 2 aromatic carbocycles. The number of fused-ring (bicyclic) bond motifs is 2. The number of hydrogen-bond acceptors (Lipinski definition) is 1. The summed E-state index contributed by atoms with van der Waals surface area (Å²) in [5.74, 6) is 0.211. The summed E-state index contributed by atoms with van der Waals surface area (Å²) >= 11 is 6.20. The minimum absolute atomic E-state index is 0.211. The second-order valence-corrected chi connectivity index (χ2v) is 5.60. The Balaban J connectivity index is 1.99. The molecule has 0 atom stereocenters. The first kappa shape index (κ1) is 12.4. The maximum Gasteiger partial charge on any atom is 0.203 e. The fourth-order valence-electron chi connectivity index (χ4n) is 2.80. The Morgan fingerprint density at radius 3 is 2.71 bits per heavy atom. The predicted octanol–water partition coefficient (Wildman–Crippen LogP) is 4.48. The van der Waals surface area contributed by atoms with Crippen LogP contribution in [0.15, 0.2) is 54.9 Å². The number of aromatic nitrogens is 2. The van der Waals surface area contributed by atoms with Crippen LogP contribution in [0.25, 0.3) is 27.4 Å². The van der Waals surface area contributed by atoms with Gasteiger partial charge in [0.15, 0.2) is 0 Å². The molecule has 2 heterocycles. The van der Waals surface area contributed by atoms with Crippen LogP contribution in [0, 0.1) is 0 Å². The molecule has 104 valence electrons. The van der Waals surface area contributed by atoms with E-state index in [9.17, 15) is 5.11 Å². The molecule has 4 heteroatoms. The van der Waals surface area contributed by atoms with E-state index in [4.69, 9.17) is 11.6 Å². The molecule has 0 fully saturated rings. The lowest BCUT2D eigenvalue weighted by Crippen LogP contribution is -1.91. The third-order valence-corrected chi connectivity index (χ3v) is 4.26. The van der Waals surface area contributed by atoms with Gasteiger partial charge in [-0.1, -0.05) is 17.7 Å². The van der Waals surface area contributed by atoms with Gasteiger partial charge >= 0.3 is 0 Å². The lowest BCUT2D eigenvalue weighted by molar-refractivity contribution is 0.448. The van der Waals surface area contributed by atoms with Crippen molar-refractivity contribution in [3.05, 3.63) is 59.9 Å². The van der Waals surface area contributed by atoms with Crippen molar-refractivity contribution in [3.8, 4) is 11.6 Å². The van der Waals surface area contributed by atoms with Gasteiger partial charge in [-0.3, -0.25) is 4.57 Å². The average molecular weight is 297 g/mol. The molecular formula is C17H13ClN2O. The van der Waals surface area contributed by atoms with Gasteiger partial charge in [0.25, 0.3) is 0 Å². The first-order chi connectivity index (χ1) is 10.1. The molecule has 0 unspecified atom stereocenters. The van der Waals surface area contributed by atoms with Crippen LogP contribution in [0.2, 0.25) is 5.02 Å². The van der Waals surface area contributed by atoms with Crippen molar-refractivity contribution in [2.45, 2.75) is 0 Å². The molecular weight excluding hydrogens is 284 g/mol. The normalized spacial score (nSPS) is 11.5. The van der Waals surface area contributed by atoms with Gasteiger partial charge in [0.05, 0.1) is 5.02 Å². The lowest BCUT2D eigenvalue weighted by Gasteiger charge is -2.05. The van der Waals surface area contributed by atoms with E-state index < -0.39 is 0 Å². The van der Waals surface area contributed by atoms with E-state index in [0.29, 0.717) is 5.02 Å². The van der Waals surface area contributed by atoms with Crippen molar-refractivity contribution < 1.29 is 5.11 Å². The van der Waals surface area contributed by atoms with Crippen LogP contribution in [-0.4, -0.2) is 14.2 Å². The van der Waals surface area contributed by atoms with Gasteiger partial charge in [-0.05, 0) is 36.4 Å². The number of aromatic hydroxyl groups is 1. The van der Waals surface area contributed by atoms with E-state index in [-0.39, 0.29) is 5.88 Å². The second-order valence-electron chi connectivity index (χ2n) is 5.19. The number of hydrogen-bond donors (Lipinski definition) is 1. The van der Waals surface area contributed by atoms with E-state index >= 15 is 0 Å². The molecule has 0 amide bonds. The van der Waals surface area contributed by atoms with Gasteiger partial charge in [0.1, 0.15) is 0 Å². The topological polar surface area (TPSA) is 30.1 Å². The molecule has 0 saturated carbocycles. The molecule has 2 aromatic heterocycles. The molecule has 0 bridgehead atoms. The molecule has 0 spiro atoms. The largest absolute Gasteiger partial charge is 0.494 e. The van der Waals surface area contributed by atoms with Gasteiger partial charge in [-0.2, -0.15) is 0 Å². The summed E-state index contributed by atoms with van der Waals surface area (Å²) in [5, 5.41) is 13.8. The molecule has 0 aliphatic carbocycles. The number of aryl methyl sites for hydroxylation is 1. The first-order valence-corrected chi connectivity index (χ1v) is 7.07. The highest BCUT2D eigenvalue weighted by atomic mass is 35.5. The summed E-state index contributed by atoms with van der Waals surface area (Å²) in [6.07, 6.45) is 3.90. The summed E-state index contributed by atoms with van der Waals surface area (Å²) in [4.78, 5) is 0. The quantitative estimate of drug-likeness (QED) is 0.551. The average Bonchev–Trinajstić information content (AvgIpc) is 3.02. The Labute approximate surface area is 126 Å². The monoisotopic (exact) mass is 296 g/mol. The summed E-state index contributed by atoms with van der Waals surface area (Å²) in [5.41, 5.74) is 2.08. The lowest BCUT2D eigenvalue weighted by atomic mass is 10.2. The Morgan fingerprint density at radius 1 is 1.05 bits per heavy atom. The number of benzene rings is 2. The van der Waals surface area contributed by atoms with Gasteiger partial charge < -0.3 is 9.67 Å². The van der Waals surface area contributed by atoms with Crippen molar-refractivity contribution in [1.82, 2.24) is 9.13 Å². The number of rotatable bonds is 1. The van der Waals surface area contributed by atoms with E-state index in [1.807, 2.05) is 43.7 Å². The number of nitrogens with zero attached hydrogens (tertiary/aromatic N) is 2. The van der Waals surface area contributed by atoms with Crippen LogP contribution >= 0.6 is 11.6 Å². The maximum atomic E-state index is 10.4. The second kappa shape index (κ2) is 4.30. The molecule has 4 aromatic rings. The van der Waals surface area contributed by atoms with E-state index in [1.54, 1.807) is 4.57 Å². The highest BCUT2D eigenvalue weighted by Gasteiger charge is 2.12. The Hall–Kier alpha value is -2.39. The molecule has 4 rings (SSSR count). The summed E-state index contributed by atoms with van der Waals surface area (Å²) in [6, 6.07) is 13.7. The van der Waals surface area contributed by atoms with Gasteiger partial charge in [0.2, 0.25) is 5.88 Å². The van der Waals surface area contributed by atoms with Crippen LogP contribution in [0.3, 0.4) is 0 Å². The zero-order valence-electron chi connectivity index (χ0n) is 11.4. The van der Waals surface area contributed by atoms with E-state index in [1.165, 1.54) is 0 Å². The fourth-order valence-corrected chi connectivity index (χ4v) is 3.02. The van der Waals surface area contributed by atoms with Crippen molar-refractivity contribution in [2.75, 3.05) is 0 Å². The van der Waals surface area contributed by atoms with Crippen LogP contribution < -0.4 is 0 Å². The van der Waals surface area contributed by atoms with Crippen LogP contribution in [0.4, 0.5) is 0 Å². The molecule has 0 radical (unpaired) electrons. The molecule has 3 nitrogen and oxygen atoms in total. The van der Waals surface area contributed by atoms with Crippen molar-refractivity contribution >= 4 is 33.3 Å². The van der Waals surface area contributed by atoms with Crippen LogP contribution in [-0.2, 0) is 7.05 Å². The zero-order valence-corrected chi connectivity index (χ0v) is 12.2. The predicted molar refractivity (Wildman–Crippen MR) is 86.4 cm³/mol. The van der Waals surface area contributed by atoms with E-state index in [2.05, 4.69) is 22.8 Å². The molecule has 0 saturated heterocycles. The fraction of sp³-hybridized carbons (Fsp3) is 0.0588. The molecule has 1 N–H and O–H groups in total. The Morgan fingerprint density at radius 2 is 1.90 bits per heavy atom. The third-order valence-electron chi connectivity index (χ3n) is 3.93.